The molecule has 0 aromatic heterocycles. The lowest BCUT2D eigenvalue weighted by Crippen LogP contribution is -2.55. The quantitative estimate of drug-likeness (QED) is 0.647. The van der Waals surface area contributed by atoms with Crippen LogP contribution in [0, 0.1) is 10.1 Å². The Morgan fingerprint density at radius 2 is 1.78 bits per heavy atom. The van der Waals surface area contributed by atoms with Crippen molar-refractivity contribution in [1.29, 1.82) is 0 Å². The molecular formula is C17H14F3N3O4. The van der Waals surface area contributed by atoms with Crippen LogP contribution in [0.1, 0.15) is 12.0 Å². The highest BCUT2D eigenvalue weighted by Crippen LogP contribution is 2.43. The normalized spacial score (nSPS) is 19.7. The topological polar surface area (TPSA) is 88.2 Å². The Bertz CT molecular complexity index is 882. The fraction of sp³-hybridized carbons (Fsp3) is 0.235. The third-order valence-corrected chi connectivity index (χ3v) is 4.17. The number of non-ortho nitro benzene ring substituents is 1. The molecule has 0 amide bonds. The van der Waals surface area contributed by atoms with Gasteiger partial charge in [-0.1, -0.05) is 0 Å². The molecule has 0 fully saturated rings. The number of benzene rings is 2. The number of halogens is 3. The van der Waals surface area contributed by atoms with Crippen LogP contribution in [0.15, 0.2) is 53.6 Å². The number of alkyl halides is 3. The summed E-state index contributed by atoms with van der Waals surface area (Å²) in [5.74, 6) is 0.524. The first kappa shape index (κ1) is 18.6. The highest BCUT2D eigenvalue weighted by Gasteiger charge is 2.62. The van der Waals surface area contributed by atoms with Gasteiger partial charge >= 0.3 is 6.18 Å². The Morgan fingerprint density at radius 3 is 2.26 bits per heavy atom. The monoisotopic (exact) mass is 381 g/mol. The molecule has 0 saturated heterocycles. The van der Waals surface area contributed by atoms with E-state index in [4.69, 9.17) is 4.74 Å². The van der Waals surface area contributed by atoms with Gasteiger partial charge in [0.15, 0.2) is 0 Å². The van der Waals surface area contributed by atoms with E-state index in [1.807, 2.05) is 0 Å². The number of ether oxygens (including phenoxy) is 1. The van der Waals surface area contributed by atoms with Crippen LogP contribution in [0.2, 0.25) is 0 Å². The molecule has 0 bridgehead atoms. The summed E-state index contributed by atoms with van der Waals surface area (Å²) in [6, 6.07) is 10.5. The van der Waals surface area contributed by atoms with Crippen molar-refractivity contribution in [1.82, 2.24) is 0 Å². The van der Waals surface area contributed by atoms with Crippen molar-refractivity contribution >= 4 is 17.1 Å². The molecule has 0 radical (unpaired) electrons. The summed E-state index contributed by atoms with van der Waals surface area (Å²) in [6.45, 7) is 0. The number of hydrogen-bond donors (Lipinski definition) is 1. The number of hydrazone groups is 1. The van der Waals surface area contributed by atoms with Crippen molar-refractivity contribution in [3.63, 3.8) is 0 Å². The number of hydrogen-bond acceptors (Lipinski definition) is 6. The Kier molecular flexibility index (Phi) is 4.52. The van der Waals surface area contributed by atoms with Crippen molar-refractivity contribution in [2.75, 3.05) is 12.1 Å². The molecule has 3 rings (SSSR count). The minimum atomic E-state index is -5.01. The average molecular weight is 381 g/mol. The van der Waals surface area contributed by atoms with Gasteiger partial charge in [0.2, 0.25) is 0 Å². The predicted molar refractivity (Wildman–Crippen MR) is 90.7 cm³/mol. The van der Waals surface area contributed by atoms with E-state index >= 15 is 0 Å². The fourth-order valence-electron chi connectivity index (χ4n) is 2.70. The number of nitro benzene ring substituents is 1. The van der Waals surface area contributed by atoms with E-state index in [2.05, 4.69) is 5.10 Å². The van der Waals surface area contributed by atoms with Gasteiger partial charge in [-0.15, -0.1) is 0 Å². The zero-order valence-corrected chi connectivity index (χ0v) is 14.0. The summed E-state index contributed by atoms with van der Waals surface area (Å²) in [4.78, 5) is 10.1. The van der Waals surface area contributed by atoms with Crippen LogP contribution < -0.4 is 9.75 Å². The molecule has 0 aliphatic carbocycles. The van der Waals surface area contributed by atoms with Crippen molar-refractivity contribution in [2.24, 2.45) is 5.10 Å². The van der Waals surface area contributed by atoms with Gasteiger partial charge in [0.1, 0.15) is 5.75 Å². The van der Waals surface area contributed by atoms with Gasteiger partial charge in [-0.2, -0.15) is 18.3 Å². The largest absolute Gasteiger partial charge is 0.497 e. The van der Waals surface area contributed by atoms with Gasteiger partial charge in [-0.05, 0) is 42.0 Å². The van der Waals surface area contributed by atoms with Gasteiger partial charge < -0.3 is 9.84 Å². The molecule has 0 spiro atoms. The van der Waals surface area contributed by atoms with E-state index in [-0.39, 0.29) is 17.1 Å². The molecular weight excluding hydrogens is 367 g/mol. The van der Waals surface area contributed by atoms with Crippen LogP contribution >= 0.6 is 0 Å². The summed E-state index contributed by atoms with van der Waals surface area (Å²) in [7, 11) is 1.46. The fourth-order valence-corrected chi connectivity index (χ4v) is 2.70. The number of rotatable bonds is 4. The molecule has 1 aliphatic heterocycles. The molecule has 27 heavy (non-hydrogen) atoms. The molecule has 1 N–H and O–H groups in total. The summed E-state index contributed by atoms with van der Waals surface area (Å²) >= 11 is 0. The van der Waals surface area contributed by atoms with Gasteiger partial charge in [-0.25, -0.2) is 5.01 Å². The van der Waals surface area contributed by atoms with Crippen molar-refractivity contribution in [3.8, 4) is 5.75 Å². The second-order valence-corrected chi connectivity index (χ2v) is 5.85. The Balaban J connectivity index is 2.03. The van der Waals surface area contributed by atoms with Crippen molar-refractivity contribution < 1.29 is 27.9 Å². The summed E-state index contributed by atoms with van der Waals surface area (Å²) < 4.78 is 45.8. The zero-order chi connectivity index (χ0) is 19.8. The van der Waals surface area contributed by atoms with E-state index in [0.29, 0.717) is 16.3 Å². The second-order valence-electron chi connectivity index (χ2n) is 5.85. The lowest BCUT2D eigenvalue weighted by Gasteiger charge is -2.33. The van der Waals surface area contributed by atoms with Gasteiger partial charge in [0, 0.05) is 12.1 Å². The van der Waals surface area contributed by atoms with Crippen LogP contribution in [-0.4, -0.2) is 34.8 Å². The number of nitrogens with zero attached hydrogens (tertiary/aromatic N) is 3. The Labute approximate surface area is 151 Å². The van der Waals surface area contributed by atoms with E-state index < -0.39 is 23.2 Å². The number of nitro groups is 1. The summed E-state index contributed by atoms with van der Waals surface area (Å²) in [5.41, 5.74) is -3.26. The van der Waals surface area contributed by atoms with Crippen LogP contribution in [-0.2, 0) is 0 Å². The van der Waals surface area contributed by atoms with Crippen molar-refractivity contribution in [3.05, 3.63) is 64.2 Å². The first-order valence-corrected chi connectivity index (χ1v) is 7.71. The molecule has 1 heterocycles. The van der Waals surface area contributed by atoms with Gasteiger partial charge in [0.25, 0.3) is 11.4 Å². The van der Waals surface area contributed by atoms with Crippen LogP contribution in [0.25, 0.3) is 0 Å². The van der Waals surface area contributed by atoms with E-state index in [1.165, 1.54) is 19.2 Å². The maximum Gasteiger partial charge on any atom is 0.438 e. The summed E-state index contributed by atoms with van der Waals surface area (Å²) in [5, 5.41) is 25.5. The Hall–Kier alpha value is -3.14. The van der Waals surface area contributed by atoms with Gasteiger partial charge in [-0.3, -0.25) is 10.1 Å². The molecule has 1 unspecified atom stereocenters. The predicted octanol–water partition coefficient (Wildman–Crippen LogP) is 3.47. The number of methoxy groups -OCH3 is 1. The minimum Gasteiger partial charge on any atom is -0.497 e. The molecule has 142 valence electrons. The average Bonchev–Trinajstić information content (AvgIpc) is 3.01. The highest BCUT2D eigenvalue weighted by atomic mass is 19.4. The lowest BCUT2D eigenvalue weighted by atomic mass is 10.0. The van der Waals surface area contributed by atoms with E-state index in [0.717, 1.165) is 24.3 Å². The third kappa shape index (κ3) is 3.31. The van der Waals surface area contributed by atoms with Crippen LogP contribution in [0.3, 0.4) is 0 Å². The zero-order valence-electron chi connectivity index (χ0n) is 14.0. The maximum atomic E-state index is 13.6. The molecule has 2 aromatic carbocycles. The van der Waals surface area contributed by atoms with Gasteiger partial charge in [0.05, 0.1) is 29.9 Å². The maximum absolute atomic E-state index is 13.6. The second kappa shape index (κ2) is 6.54. The Morgan fingerprint density at radius 1 is 1.19 bits per heavy atom. The standard InChI is InChI=1S/C17H14F3N3O4/c1-27-14-8-2-11(3-9-14)15-10-16(24,17(18,19)20)22(21-15)12-4-6-13(7-5-12)23(25)26/h2-9,24H,10H2,1H3. The third-order valence-electron chi connectivity index (χ3n) is 4.17. The first-order chi connectivity index (χ1) is 12.7. The molecule has 0 saturated carbocycles. The van der Waals surface area contributed by atoms with Crippen LogP contribution in [0.4, 0.5) is 24.5 Å². The molecule has 7 nitrogen and oxygen atoms in total. The molecule has 10 heteroatoms. The SMILES string of the molecule is COc1ccc(C2=NN(c3ccc([N+](=O)[O-])cc3)C(O)(C(F)(F)F)C2)cc1. The highest BCUT2D eigenvalue weighted by molar-refractivity contribution is 6.03. The molecule has 1 atom stereocenters. The summed E-state index contributed by atoms with van der Waals surface area (Å²) in [6.07, 6.45) is -5.80. The number of anilines is 1. The first-order valence-electron chi connectivity index (χ1n) is 7.71. The van der Waals surface area contributed by atoms with Crippen LogP contribution in [0.5, 0.6) is 5.75 Å². The minimum absolute atomic E-state index is 0.0239. The van der Waals surface area contributed by atoms with Crippen molar-refractivity contribution in [2.45, 2.75) is 18.3 Å². The smallest absolute Gasteiger partial charge is 0.438 e. The molecule has 2 aromatic rings. The van der Waals surface area contributed by atoms with E-state index in [1.54, 1.807) is 12.1 Å². The lowest BCUT2D eigenvalue weighted by molar-refractivity contribution is -0.384. The molecule has 1 aliphatic rings. The number of aliphatic hydroxyl groups is 1. The van der Waals surface area contributed by atoms with E-state index in [9.17, 15) is 28.4 Å².